The molecular weight excluding hydrogens is 763 g/mol. The zero-order valence-corrected chi connectivity index (χ0v) is 33.9. The third-order valence-electron chi connectivity index (χ3n) is 7.67. The zero-order chi connectivity index (χ0) is 43.1. The van der Waals surface area contributed by atoms with Gasteiger partial charge in [-0.2, -0.15) is 0 Å². The second-order valence-electron chi connectivity index (χ2n) is 12.1. The predicted molar refractivity (Wildman–Crippen MR) is 237 cm³/mol. The Hall–Kier alpha value is -7.47. The number of nitrogens with zero attached hydrogens (tertiary/aromatic N) is 3. The van der Waals surface area contributed by atoms with Gasteiger partial charge in [-0.3, -0.25) is 0 Å². The molecule has 4 aromatic rings. The zero-order valence-electron chi connectivity index (χ0n) is 33.9. The summed E-state index contributed by atoms with van der Waals surface area (Å²) in [6.45, 7) is 35.8. The maximum absolute atomic E-state index is 6.26. The van der Waals surface area contributed by atoms with Gasteiger partial charge in [0.2, 0.25) is 0 Å². The molecule has 0 spiro atoms. The van der Waals surface area contributed by atoms with Gasteiger partial charge in [0.25, 0.3) is 0 Å². The molecule has 1 aromatic heterocycles. The van der Waals surface area contributed by atoms with E-state index in [0.717, 1.165) is 0 Å². The first-order chi connectivity index (χ1) is 29.4. The molecule has 12 nitrogen and oxygen atoms in total. The van der Waals surface area contributed by atoms with E-state index in [9.17, 15) is 0 Å². The van der Waals surface area contributed by atoms with Gasteiger partial charge < -0.3 is 42.6 Å². The molecule has 0 saturated heterocycles. The molecule has 0 aliphatic carbocycles. The topological polar surface area (TPSA) is 122 Å². The van der Waals surface area contributed by atoms with Crippen molar-refractivity contribution >= 4 is 0 Å². The van der Waals surface area contributed by atoms with Crippen molar-refractivity contribution in [2.24, 2.45) is 0 Å². The lowest BCUT2D eigenvalue weighted by molar-refractivity contribution is 0.329. The van der Waals surface area contributed by atoms with Crippen molar-refractivity contribution < 1.29 is 42.6 Å². The molecule has 0 unspecified atom stereocenters. The Labute approximate surface area is 352 Å². The largest absolute Gasteiger partial charge is 0.489 e. The number of rotatable bonds is 30. The van der Waals surface area contributed by atoms with Gasteiger partial charge in [0.05, 0.1) is 0 Å². The van der Waals surface area contributed by atoms with Crippen LogP contribution in [0, 0.1) is 0 Å². The molecule has 0 saturated carbocycles. The highest BCUT2D eigenvalue weighted by atomic mass is 16.5. The van der Waals surface area contributed by atoms with E-state index in [1.54, 1.807) is 91.1 Å². The molecular formula is C48H51N3O9. The third kappa shape index (κ3) is 12.3. The molecule has 0 aliphatic heterocycles. The molecule has 60 heavy (non-hydrogen) atoms. The van der Waals surface area contributed by atoms with Crippen molar-refractivity contribution in [1.82, 2.24) is 15.0 Å². The Morgan fingerprint density at radius 2 is 0.450 bits per heavy atom. The minimum atomic E-state index is 0.121. The summed E-state index contributed by atoms with van der Waals surface area (Å²) in [5.41, 5.74) is 1.07. The molecule has 0 amide bonds. The van der Waals surface area contributed by atoms with E-state index >= 15 is 0 Å². The fraction of sp³-hybridized carbons (Fsp3) is 0.188. The summed E-state index contributed by atoms with van der Waals surface area (Å²) < 4.78 is 55.4. The lowest BCUT2D eigenvalue weighted by Crippen LogP contribution is -2.09. The lowest BCUT2D eigenvalue weighted by atomic mass is 10.1. The van der Waals surface area contributed by atoms with Crippen LogP contribution in [0.15, 0.2) is 150 Å². The molecule has 0 N–H and O–H groups in total. The van der Waals surface area contributed by atoms with Crippen molar-refractivity contribution in [2.45, 2.75) is 0 Å². The second kappa shape index (κ2) is 24.3. The van der Waals surface area contributed by atoms with E-state index in [1.165, 1.54) is 0 Å². The normalized spacial score (nSPS) is 10.2. The van der Waals surface area contributed by atoms with E-state index in [0.29, 0.717) is 68.4 Å². The quantitative estimate of drug-likeness (QED) is 0.0466. The minimum Gasteiger partial charge on any atom is -0.489 e. The predicted octanol–water partition coefficient (Wildman–Crippen LogP) is 9.96. The van der Waals surface area contributed by atoms with Crippen LogP contribution in [0.3, 0.4) is 0 Å². The molecule has 0 bridgehead atoms. The first-order valence-corrected chi connectivity index (χ1v) is 18.8. The van der Waals surface area contributed by atoms with Crippen molar-refractivity contribution in [2.75, 3.05) is 59.5 Å². The molecule has 0 atom stereocenters. The van der Waals surface area contributed by atoms with E-state index in [2.05, 4.69) is 59.2 Å². The van der Waals surface area contributed by atoms with Crippen LogP contribution in [-0.2, 0) is 0 Å². The lowest BCUT2D eigenvalue weighted by Gasteiger charge is -2.21. The van der Waals surface area contributed by atoms with Crippen LogP contribution >= 0.6 is 0 Å². The van der Waals surface area contributed by atoms with Gasteiger partial charge in [0, 0.05) is 36.4 Å². The molecule has 3 aromatic carbocycles. The van der Waals surface area contributed by atoms with Gasteiger partial charge in [-0.15, -0.1) is 0 Å². The minimum absolute atomic E-state index is 0.121. The molecule has 1 heterocycles. The Balaban J connectivity index is 2.26. The van der Waals surface area contributed by atoms with E-state index in [1.807, 2.05) is 0 Å². The summed E-state index contributed by atoms with van der Waals surface area (Å²) in [4.78, 5) is 15.3. The van der Waals surface area contributed by atoms with Crippen molar-refractivity contribution in [1.29, 1.82) is 0 Å². The van der Waals surface area contributed by atoms with Crippen LogP contribution in [-0.4, -0.2) is 74.4 Å². The van der Waals surface area contributed by atoms with Gasteiger partial charge >= 0.3 is 0 Å². The SMILES string of the molecule is C=CCOc1cc(OCC=C)c(-c2nc(-c3c(OCC=C)cc(OCC=C)cc3OCC=C)nc(-c3c(OCC=C)cc(OCC=C)cc3OCC=C)n2)c(OCC=C)c1. The third-order valence-corrected chi connectivity index (χ3v) is 7.67. The van der Waals surface area contributed by atoms with E-state index in [4.69, 9.17) is 57.6 Å². The molecule has 12 heteroatoms. The Morgan fingerprint density at radius 3 is 0.617 bits per heavy atom. The van der Waals surface area contributed by atoms with Gasteiger partial charge in [-0.25, -0.2) is 15.0 Å². The van der Waals surface area contributed by atoms with Crippen LogP contribution in [0.5, 0.6) is 51.7 Å². The summed E-state index contributed by atoms with van der Waals surface area (Å²) in [6, 6.07) is 10.2. The van der Waals surface area contributed by atoms with Crippen molar-refractivity contribution in [3.63, 3.8) is 0 Å². The first-order valence-electron chi connectivity index (χ1n) is 18.8. The van der Waals surface area contributed by atoms with Crippen molar-refractivity contribution in [3.05, 3.63) is 150 Å². The average molecular weight is 814 g/mol. The standard InChI is InChI=1S/C48H51N3O9/c1-10-19-52-34-28-37(55-22-13-4)43(38(29-34)56-23-14-5)46-49-47(44-39(57-24-15-6)30-35(53-20-11-2)31-40(44)58-25-16-7)51-48(50-46)45-41(59-26-17-8)32-36(54-21-12-3)33-42(45)60-27-18-9/h10-18,28-33H,1-9,19-27H2. The van der Waals surface area contributed by atoms with Crippen LogP contribution in [0.2, 0.25) is 0 Å². The Bertz CT molecular complexity index is 1830. The van der Waals surface area contributed by atoms with Crippen LogP contribution in [0.25, 0.3) is 34.2 Å². The number of hydrogen-bond donors (Lipinski definition) is 0. The highest BCUT2D eigenvalue weighted by molar-refractivity contribution is 5.82. The summed E-state index contributed by atoms with van der Waals surface area (Å²) in [6.07, 6.45) is 14.6. The fourth-order valence-corrected chi connectivity index (χ4v) is 5.36. The molecule has 0 radical (unpaired) electrons. The highest BCUT2D eigenvalue weighted by Crippen LogP contribution is 2.47. The monoisotopic (exact) mass is 813 g/mol. The summed E-state index contributed by atoms with van der Waals surface area (Å²) in [7, 11) is 0. The fourth-order valence-electron chi connectivity index (χ4n) is 5.36. The van der Waals surface area contributed by atoms with Crippen LogP contribution < -0.4 is 42.6 Å². The maximum Gasteiger partial charge on any atom is 0.171 e. The Kier molecular flexibility index (Phi) is 18.3. The van der Waals surface area contributed by atoms with Gasteiger partial charge in [0.1, 0.15) is 128 Å². The first kappa shape index (κ1) is 45.2. The average Bonchev–Trinajstić information content (AvgIpc) is 3.27. The number of benzene rings is 3. The summed E-state index contributed by atoms with van der Waals surface area (Å²) in [5, 5.41) is 0. The molecule has 4 rings (SSSR count). The number of hydrogen-bond acceptors (Lipinski definition) is 12. The number of aromatic nitrogens is 3. The Morgan fingerprint density at radius 1 is 0.283 bits per heavy atom. The smallest absolute Gasteiger partial charge is 0.171 e. The van der Waals surface area contributed by atoms with Crippen LogP contribution in [0.1, 0.15) is 0 Å². The van der Waals surface area contributed by atoms with Gasteiger partial charge in [-0.05, 0) is 0 Å². The molecule has 312 valence electrons. The van der Waals surface area contributed by atoms with Crippen LogP contribution in [0.4, 0.5) is 0 Å². The summed E-state index contributed by atoms with van der Waals surface area (Å²) >= 11 is 0. The molecule has 0 aliphatic rings. The highest BCUT2D eigenvalue weighted by Gasteiger charge is 2.28. The van der Waals surface area contributed by atoms with Gasteiger partial charge in [0.15, 0.2) is 17.5 Å². The molecule has 0 fully saturated rings. The second-order valence-corrected chi connectivity index (χ2v) is 12.1. The van der Waals surface area contributed by atoms with Crippen molar-refractivity contribution in [3.8, 4) is 85.9 Å². The van der Waals surface area contributed by atoms with E-state index < -0.39 is 0 Å². The number of ether oxygens (including phenoxy) is 9. The maximum atomic E-state index is 6.26. The summed E-state index contributed by atoms with van der Waals surface area (Å²) in [5.74, 6) is 3.59. The van der Waals surface area contributed by atoms with Gasteiger partial charge in [-0.1, -0.05) is 114 Å². The van der Waals surface area contributed by atoms with E-state index in [-0.39, 0.29) is 76.9 Å².